The minimum atomic E-state index is -0.203. The summed E-state index contributed by atoms with van der Waals surface area (Å²) in [6.07, 6.45) is 0. The molecule has 0 radical (unpaired) electrons. The molecule has 0 N–H and O–H groups in total. The minimum Gasteiger partial charge on any atom is -0.439 e. The van der Waals surface area contributed by atoms with E-state index in [-0.39, 0.29) is 5.41 Å². The second-order valence-corrected chi connectivity index (χ2v) is 6.80. The highest BCUT2D eigenvalue weighted by Gasteiger charge is 2.21. The molecule has 0 spiro atoms. The van der Waals surface area contributed by atoms with Gasteiger partial charge in [-0.25, -0.2) is 4.98 Å². The average Bonchev–Trinajstić information content (AvgIpc) is 2.38. The number of benzene rings is 1. The van der Waals surface area contributed by atoms with Crippen molar-refractivity contribution >= 4 is 23.2 Å². The summed E-state index contributed by atoms with van der Waals surface area (Å²) in [6.45, 7) is 9.86. The SMILES string of the molecule is Cc1cc(Oc2nc(C(C)(C)C)nc(Cl)c2C)ccc1Cl. The lowest BCUT2D eigenvalue weighted by atomic mass is 9.96. The summed E-state index contributed by atoms with van der Waals surface area (Å²) in [6, 6.07) is 5.48. The molecule has 0 aliphatic heterocycles. The predicted molar refractivity (Wildman–Crippen MR) is 86.7 cm³/mol. The normalized spacial score (nSPS) is 11.6. The fourth-order valence-electron chi connectivity index (χ4n) is 1.70. The van der Waals surface area contributed by atoms with E-state index in [9.17, 15) is 0 Å². The van der Waals surface area contributed by atoms with Crippen LogP contribution in [0.3, 0.4) is 0 Å². The maximum Gasteiger partial charge on any atom is 0.227 e. The first kappa shape index (κ1) is 16.1. The molecule has 0 atom stereocenters. The number of aryl methyl sites for hydroxylation is 1. The highest BCUT2D eigenvalue weighted by atomic mass is 35.5. The molecular formula is C16H18Cl2N2O. The Bertz CT molecular complexity index is 679. The van der Waals surface area contributed by atoms with E-state index >= 15 is 0 Å². The van der Waals surface area contributed by atoms with E-state index in [1.165, 1.54) is 0 Å². The van der Waals surface area contributed by atoms with Crippen LogP contribution in [-0.2, 0) is 5.41 Å². The molecule has 2 aromatic rings. The number of hydrogen-bond acceptors (Lipinski definition) is 3. The van der Waals surface area contributed by atoms with Crippen molar-refractivity contribution in [3.8, 4) is 11.6 Å². The number of hydrogen-bond donors (Lipinski definition) is 0. The van der Waals surface area contributed by atoms with Crippen molar-refractivity contribution in [3.05, 3.63) is 45.3 Å². The summed E-state index contributed by atoms with van der Waals surface area (Å²) in [5.74, 6) is 1.80. The lowest BCUT2D eigenvalue weighted by Crippen LogP contribution is -2.17. The zero-order chi connectivity index (χ0) is 15.8. The first-order chi connectivity index (χ1) is 9.68. The molecule has 0 amide bonds. The summed E-state index contributed by atoms with van der Waals surface area (Å²) in [5.41, 5.74) is 1.46. The fourth-order valence-corrected chi connectivity index (χ4v) is 1.98. The molecule has 0 saturated heterocycles. The van der Waals surface area contributed by atoms with Gasteiger partial charge < -0.3 is 4.74 Å². The van der Waals surface area contributed by atoms with Gasteiger partial charge in [-0.3, -0.25) is 0 Å². The molecule has 0 saturated carbocycles. The van der Waals surface area contributed by atoms with E-state index in [4.69, 9.17) is 27.9 Å². The van der Waals surface area contributed by atoms with Gasteiger partial charge in [0.25, 0.3) is 0 Å². The number of halogens is 2. The quantitative estimate of drug-likeness (QED) is 0.685. The van der Waals surface area contributed by atoms with Crippen LogP contribution in [0.5, 0.6) is 11.6 Å². The lowest BCUT2D eigenvalue weighted by Gasteiger charge is -2.19. The second-order valence-electron chi connectivity index (χ2n) is 6.03. The van der Waals surface area contributed by atoms with Crippen LogP contribution >= 0.6 is 23.2 Å². The molecule has 21 heavy (non-hydrogen) atoms. The van der Waals surface area contributed by atoms with Gasteiger partial charge in [-0.05, 0) is 37.6 Å². The van der Waals surface area contributed by atoms with Crippen molar-refractivity contribution in [2.75, 3.05) is 0 Å². The third-order valence-electron chi connectivity index (χ3n) is 3.06. The largest absolute Gasteiger partial charge is 0.439 e. The molecule has 3 nitrogen and oxygen atoms in total. The third-order valence-corrected chi connectivity index (χ3v) is 3.85. The Morgan fingerprint density at radius 3 is 2.29 bits per heavy atom. The zero-order valence-corrected chi connectivity index (χ0v) is 14.3. The Morgan fingerprint density at radius 1 is 1.05 bits per heavy atom. The van der Waals surface area contributed by atoms with Crippen LogP contribution in [0.4, 0.5) is 0 Å². The Balaban J connectivity index is 2.43. The van der Waals surface area contributed by atoms with Crippen LogP contribution in [0, 0.1) is 13.8 Å². The van der Waals surface area contributed by atoms with Crippen LogP contribution in [0.1, 0.15) is 37.7 Å². The van der Waals surface area contributed by atoms with Crippen LogP contribution in [0.25, 0.3) is 0 Å². The molecule has 1 aromatic heterocycles. The molecule has 0 unspecified atom stereocenters. The molecule has 112 valence electrons. The molecule has 0 bridgehead atoms. The number of ether oxygens (including phenoxy) is 1. The first-order valence-electron chi connectivity index (χ1n) is 6.67. The van der Waals surface area contributed by atoms with Gasteiger partial charge in [-0.1, -0.05) is 44.0 Å². The van der Waals surface area contributed by atoms with E-state index in [1.54, 1.807) is 6.07 Å². The number of nitrogens with zero attached hydrogens (tertiary/aromatic N) is 2. The molecular weight excluding hydrogens is 307 g/mol. The number of rotatable bonds is 2. The van der Waals surface area contributed by atoms with Gasteiger partial charge in [0.1, 0.15) is 16.7 Å². The van der Waals surface area contributed by atoms with E-state index in [0.717, 1.165) is 11.1 Å². The van der Waals surface area contributed by atoms with Gasteiger partial charge in [0, 0.05) is 16.0 Å². The van der Waals surface area contributed by atoms with Gasteiger partial charge in [-0.2, -0.15) is 4.98 Å². The van der Waals surface area contributed by atoms with Crippen molar-refractivity contribution in [2.45, 2.75) is 40.0 Å². The molecule has 1 heterocycles. The highest BCUT2D eigenvalue weighted by molar-refractivity contribution is 6.31. The summed E-state index contributed by atoms with van der Waals surface area (Å²) in [5, 5.41) is 1.12. The Hall–Kier alpha value is -1.32. The van der Waals surface area contributed by atoms with Gasteiger partial charge in [0.15, 0.2) is 0 Å². The van der Waals surface area contributed by atoms with Gasteiger partial charge in [-0.15, -0.1) is 0 Å². The van der Waals surface area contributed by atoms with E-state index in [2.05, 4.69) is 9.97 Å². The first-order valence-corrected chi connectivity index (χ1v) is 7.42. The monoisotopic (exact) mass is 324 g/mol. The summed E-state index contributed by atoms with van der Waals surface area (Å²) >= 11 is 12.2. The smallest absolute Gasteiger partial charge is 0.227 e. The fraction of sp³-hybridized carbons (Fsp3) is 0.375. The van der Waals surface area contributed by atoms with Gasteiger partial charge in [0.05, 0.1) is 0 Å². The Labute approximate surface area is 135 Å². The Morgan fingerprint density at radius 2 is 1.71 bits per heavy atom. The van der Waals surface area contributed by atoms with Crippen molar-refractivity contribution in [3.63, 3.8) is 0 Å². The van der Waals surface area contributed by atoms with E-state index in [1.807, 2.05) is 46.8 Å². The predicted octanol–water partition coefficient (Wildman–Crippen LogP) is 5.49. The minimum absolute atomic E-state index is 0.203. The summed E-state index contributed by atoms with van der Waals surface area (Å²) in [4.78, 5) is 8.83. The standard InChI is InChI=1S/C16H18Cl2N2O/c1-9-8-11(6-7-12(9)17)21-14-10(2)13(18)19-15(20-14)16(3,4)5/h6-8H,1-5H3. The molecule has 1 aromatic carbocycles. The molecule has 5 heteroatoms. The lowest BCUT2D eigenvalue weighted by molar-refractivity contribution is 0.441. The van der Waals surface area contributed by atoms with E-state index in [0.29, 0.717) is 27.6 Å². The van der Waals surface area contributed by atoms with Crippen molar-refractivity contribution in [1.29, 1.82) is 0 Å². The van der Waals surface area contributed by atoms with Gasteiger partial charge >= 0.3 is 0 Å². The maximum absolute atomic E-state index is 6.20. The van der Waals surface area contributed by atoms with Crippen molar-refractivity contribution in [2.24, 2.45) is 0 Å². The molecule has 0 aliphatic rings. The van der Waals surface area contributed by atoms with Crippen LogP contribution in [-0.4, -0.2) is 9.97 Å². The van der Waals surface area contributed by atoms with Crippen molar-refractivity contribution < 1.29 is 4.74 Å². The number of aromatic nitrogens is 2. The molecule has 0 aliphatic carbocycles. The molecule has 0 fully saturated rings. The van der Waals surface area contributed by atoms with E-state index < -0.39 is 0 Å². The van der Waals surface area contributed by atoms with Crippen molar-refractivity contribution in [1.82, 2.24) is 9.97 Å². The van der Waals surface area contributed by atoms with Gasteiger partial charge in [0.2, 0.25) is 5.88 Å². The average molecular weight is 325 g/mol. The summed E-state index contributed by atoms with van der Waals surface area (Å²) in [7, 11) is 0. The Kier molecular flexibility index (Phi) is 4.45. The van der Waals surface area contributed by atoms with Crippen LogP contribution in [0.2, 0.25) is 10.2 Å². The third kappa shape index (κ3) is 3.66. The topological polar surface area (TPSA) is 35.0 Å². The maximum atomic E-state index is 6.20. The second kappa shape index (κ2) is 5.82. The zero-order valence-electron chi connectivity index (χ0n) is 12.8. The summed E-state index contributed by atoms with van der Waals surface area (Å²) < 4.78 is 5.87. The van der Waals surface area contributed by atoms with Crippen LogP contribution in [0.15, 0.2) is 18.2 Å². The van der Waals surface area contributed by atoms with Crippen LogP contribution < -0.4 is 4.74 Å². The molecule has 2 rings (SSSR count). The highest BCUT2D eigenvalue weighted by Crippen LogP contribution is 2.31.